The molecule has 1 rings (SSSR count). The summed E-state index contributed by atoms with van der Waals surface area (Å²) in [7, 11) is 0. The van der Waals surface area contributed by atoms with Crippen molar-refractivity contribution in [3.8, 4) is 0 Å². The normalized spacial score (nSPS) is 25.4. The van der Waals surface area contributed by atoms with Crippen molar-refractivity contribution in [2.75, 3.05) is 6.54 Å². The fraction of sp³-hybridized carbons (Fsp3) is 0.667. The van der Waals surface area contributed by atoms with Crippen LogP contribution >= 0.6 is 0 Å². The molecule has 1 saturated heterocycles. The van der Waals surface area contributed by atoms with Crippen LogP contribution in [-0.4, -0.2) is 87.1 Å². The van der Waals surface area contributed by atoms with Gasteiger partial charge in [0.15, 0.2) is 12.2 Å². The molecule has 12 heavy (non-hydrogen) atoms. The zero-order valence-electron chi connectivity index (χ0n) is 6.03. The first kappa shape index (κ1) is 12.5. The molecule has 1 aliphatic heterocycles. The van der Waals surface area contributed by atoms with Crippen LogP contribution in [0.3, 0.4) is 0 Å². The molecule has 5 nitrogen and oxygen atoms in total. The molecule has 1 aliphatic rings. The van der Waals surface area contributed by atoms with Crippen LogP contribution in [0.4, 0.5) is 0 Å². The summed E-state index contributed by atoms with van der Waals surface area (Å²) in [6.45, 7) is 2.25. The van der Waals surface area contributed by atoms with Gasteiger partial charge in [0.05, 0.1) is 0 Å². The second-order valence-corrected chi connectivity index (χ2v) is 2.21. The third-order valence-electron chi connectivity index (χ3n) is 1.34. The van der Waals surface area contributed by atoms with Crippen molar-refractivity contribution in [2.45, 2.75) is 19.1 Å². The summed E-state index contributed by atoms with van der Waals surface area (Å²) in [4.78, 5) is 21.0. The molecule has 64 valence electrons. The van der Waals surface area contributed by atoms with Crippen LogP contribution in [0, 0.1) is 0 Å². The Balaban J connectivity index is 0.00000121. The molecule has 2 unspecified atom stereocenters. The molecule has 0 aliphatic carbocycles. The Kier molecular flexibility index (Phi) is 5.54. The molecule has 1 heterocycles. The molecule has 0 bridgehead atoms. The quantitative estimate of drug-likeness (QED) is 0.420. The summed E-state index contributed by atoms with van der Waals surface area (Å²) in [6.07, 6.45) is -1.70. The van der Waals surface area contributed by atoms with Gasteiger partial charge in [-0.1, -0.05) is 0 Å². The number of hydrogen-bond acceptors (Lipinski definition) is 3. The molecule has 0 aromatic heterocycles. The Hall–Kier alpha value is 0.536. The van der Waals surface area contributed by atoms with Crippen molar-refractivity contribution >= 4 is 63.3 Å². The van der Waals surface area contributed by atoms with Gasteiger partial charge in [-0.05, 0) is 6.92 Å². The second kappa shape index (κ2) is 5.31. The molecule has 1 fully saturated rings. The molecule has 0 aromatic carbocycles. The summed E-state index contributed by atoms with van der Waals surface area (Å²) in [5.74, 6) is -1.43. The number of nitrogens with one attached hydrogen (secondary N) is 1. The summed E-state index contributed by atoms with van der Waals surface area (Å²) in [5.41, 5.74) is 0. The maximum atomic E-state index is 10.8. The molecule has 2 N–H and O–H groups in total. The van der Waals surface area contributed by atoms with Crippen molar-refractivity contribution < 1.29 is 19.4 Å². The van der Waals surface area contributed by atoms with Gasteiger partial charge in [-0.3, -0.25) is 4.79 Å². The van der Waals surface area contributed by atoms with Crippen LogP contribution in [-0.2, 0) is 14.3 Å². The van der Waals surface area contributed by atoms with E-state index in [9.17, 15) is 9.59 Å². The predicted octanol–water partition coefficient (Wildman–Crippen LogP) is -1.67. The van der Waals surface area contributed by atoms with Gasteiger partial charge in [-0.15, -0.1) is 0 Å². The van der Waals surface area contributed by atoms with E-state index in [1.165, 1.54) is 0 Å². The number of epoxide rings is 1. The second-order valence-electron chi connectivity index (χ2n) is 2.21. The summed E-state index contributed by atoms with van der Waals surface area (Å²) < 4.78 is 4.58. The van der Waals surface area contributed by atoms with Crippen molar-refractivity contribution in [3.63, 3.8) is 0 Å². The summed E-state index contributed by atoms with van der Waals surface area (Å²) in [6, 6.07) is 0. The van der Waals surface area contributed by atoms with Crippen LogP contribution in [0.15, 0.2) is 0 Å². The first-order valence-electron chi connectivity index (χ1n) is 3.32. The third kappa shape index (κ3) is 3.12. The van der Waals surface area contributed by atoms with E-state index in [0.29, 0.717) is 6.54 Å². The van der Waals surface area contributed by atoms with Gasteiger partial charge < -0.3 is 15.2 Å². The van der Waals surface area contributed by atoms with E-state index < -0.39 is 18.2 Å². The SMILES string of the molecule is CCNC(=O)C1OC1C(=O)O.[KH]. The third-order valence-corrected chi connectivity index (χ3v) is 1.34. The van der Waals surface area contributed by atoms with E-state index in [0.717, 1.165) is 0 Å². The zero-order valence-corrected chi connectivity index (χ0v) is 6.03. The molecular formula is C6H10KNO4. The molecule has 6 heteroatoms. The van der Waals surface area contributed by atoms with Crippen LogP contribution in [0.5, 0.6) is 0 Å². The molecule has 1 amide bonds. The minimum atomic E-state index is -1.08. The van der Waals surface area contributed by atoms with Crippen LogP contribution < -0.4 is 5.32 Å². The van der Waals surface area contributed by atoms with E-state index in [2.05, 4.69) is 10.1 Å². The van der Waals surface area contributed by atoms with E-state index in [1.54, 1.807) is 6.92 Å². The fourth-order valence-corrected chi connectivity index (χ4v) is 0.774. The number of ether oxygens (including phenoxy) is 1. The summed E-state index contributed by atoms with van der Waals surface area (Å²) in [5, 5.41) is 10.8. The van der Waals surface area contributed by atoms with Crippen molar-refractivity contribution in [2.24, 2.45) is 0 Å². The van der Waals surface area contributed by atoms with E-state index in [4.69, 9.17) is 5.11 Å². The zero-order chi connectivity index (χ0) is 8.43. The number of carboxylic acid groups (broad SMARTS) is 1. The Morgan fingerprint density at radius 1 is 1.50 bits per heavy atom. The van der Waals surface area contributed by atoms with Crippen LogP contribution in [0.1, 0.15) is 6.92 Å². The van der Waals surface area contributed by atoms with Crippen molar-refractivity contribution in [1.29, 1.82) is 0 Å². The first-order valence-corrected chi connectivity index (χ1v) is 3.32. The standard InChI is InChI=1S/C6H9NO4.K.H/c1-2-7-5(8)3-4(11-3)6(9)10;;/h3-4H,2H2,1H3,(H,7,8)(H,9,10);;. The van der Waals surface area contributed by atoms with Crippen LogP contribution in [0.25, 0.3) is 0 Å². The number of likely N-dealkylation sites (N-methyl/N-ethyl adjacent to an activating group) is 1. The van der Waals surface area contributed by atoms with Crippen molar-refractivity contribution in [3.05, 3.63) is 0 Å². The molecule has 0 spiro atoms. The Morgan fingerprint density at radius 2 is 2.08 bits per heavy atom. The van der Waals surface area contributed by atoms with Gasteiger partial charge in [0.2, 0.25) is 0 Å². The van der Waals surface area contributed by atoms with Gasteiger partial charge in [0.1, 0.15) is 0 Å². The Bertz CT molecular complexity index is 196. The first-order chi connectivity index (χ1) is 5.16. The average molecular weight is 199 g/mol. The van der Waals surface area contributed by atoms with Gasteiger partial charge in [0.25, 0.3) is 5.91 Å². The van der Waals surface area contributed by atoms with Gasteiger partial charge in [-0.25, -0.2) is 4.79 Å². The molecule has 2 atom stereocenters. The number of amides is 1. The average Bonchev–Trinajstić information content (AvgIpc) is 2.65. The van der Waals surface area contributed by atoms with Crippen LogP contribution in [0.2, 0.25) is 0 Å². The number of carbonyl (C=O) groups excluding carboxylic acids is 1. The van der Waals surface area contributed by atoms with Crippen molar-refractivity contribution in [1.82, 2.24) is 5.32 Å². The molecule has 0 aromatic rings. The number of carboxylic acids is 1. The predicted molar refractivity (Wildman–Crippen MR) is 42.1 cm³/mol. The monoisotopic (exact) mass is 199 g/mol. The molecule has 0 saturated carbocycles. The van der Waals surface area contributed by atoms with Gasteiger partial charge >= 0.3 is 57.4 Å². The number of hydrogen-bond donors (Lipinski definition) is 2. The van der Waals surface area contributed by atoms with Gasteiger partial charge in [-0.2, -0.15) is 0 Å². The maximum absolute atomic E-state index is 10.8. The minimum absolute atomic E-state index is 0. The van der Waals surface area contributed by atoms with E-state index in [1.807, 2.05) is 0 Å². The molecule has 0 radical (unpaired) electrons. The van der Waals surface area contributed by atoms with Gasteiger partial charge in [0, 0.05) is 6.54 Å². The fourth-order valence-electron chi connectivity index (χ4n) is 0.774. The number of aliphatic carboxylic acids is 1. The Labute approximate surface area is 112 Å². The summed E-state index contributed by atoms with van der Waals surface area (Å²) >= 11 is 0. The number of rotatable bonds is 3. The Morgan fingerprint density at radius 3 is 2.42 bits per heavy atom. The topological polar surface area (TPSA) is 78.9 Å². The van der Waals surface area contributed by atoms with E-state index in [-0.39, 0.29) is 57.3 Å². The number of carbonyl (C=O) groups is 2. The molecular weight excluding hydrogens is 189 g/mol. The van der Waals surface area contributed by atoms with E-state index >= 15 is 0 Å².